The Hall–Kier alpha value is -0.920. The van der Waals surface area contributed by atoms with Gasteiger partial charge in [-0.25, -0.2) is 8.78 Å². The molecule has 8 heteroatoms. The van der Waals surface area contributed by atoms with E-state index >= 15 is 0 Å². The molecule has 0 aromatic rings. The van der Waals surface area contributed by atoms with Gasteiger partial charge in [-0.3, -0.25) is 4.79 Å². The molecular weight excluding hydrogens is 259 g/mol. The number of alkyl halides is 5. The lowest BCUT2D eigenvalue weighted by molar-refractivity contribution is -0.139. The van der Waals surface area contributed by atoms with Gasteiger partial charge >= 0.3 is 6.18 Å². The molecule has 0 radical (unpaired) electrons. The minimum Gasteiger partial charge on any atom is -0.346 e. The minimum absolute atomic E-state index is 0.759. The van der Waals surface area contributed by atoms with Gasteiger partial charge in [-0.2, -0.15) is 13.2 Å². The van der Waals surface area contributed by atoms with Crippen molar-refractivity contribution >= 4 is 5.91 Å². The Morgan fingerprint density at radius 3 is 1.94 bits per heavy atom. The Bertz CT molecular complexity index is 278. The molecule has 18 heavy (non-hydrogen) atoms. The summed E-state index contributed by atoms with van der Waals surface area (Å²) in [4.78, 5) is 11.2. The molecule has 1 atom stereocenters. The number of rotatable bonds is 6. The van der Waals surface area contributed by atoms with E-state index in [0.717, 1.165) is 0 Å². The van der Waals surface area contributed by atoms with E-state index in [2.05, 4.69) is 5.32 Å². The summed E-state index contributed by atoms with van der Waals surface area (Å²) in [5, 5.41) is 3.83. The van der Waals surface area contributed by atoms with Crippen molar-refractivity contribution in [2.45, 2.75) is 38.9 Å². The molecule has 0 aliphatic rings. The maximum absolute atomic E-state index is 13.2. The first-order chi connectivity index (χ1) is 7.96. The van der Waals surface area contributed by atoms with Crippen LogP contribution in [0.15, 0.2) is 0 Å². The zero-order valence-electron chi connectivity index (χ0n) is 10.4. The molecule has 1 amide bonds. The number of hydrogen-bond donors (Lipinski definition) is 2. The molecule has 0 aromatic carbocycles. The Balaban J connectivity index is 4.10. The van der Waals surface area contributed by atoms with Crippen molar-refractivity contribution in [3.05, 3.63) is 0 Å². The van der Waals surface area contributed by atoms with Crippen LogP contribution in [0, 0.1) is 5.92 Å². The van der Waals surface area contributed by atoms with Gasteiger partial charge in [0.05, 0.1) is 12.6 Å². The lowest BCUT2D eigenvalue weighted by atomic mass is 10.1. The van der Waals surface area contributed by atoms with E-state index in [-0.39, 0.29) is 0 Å². The third-order valence-corrected chi connectivity index (χ3v) is 2.34. The number of hydrogen-bond acceptors (Lipinski definition) is 2. The summed E-state index contributed by atoms with van der Waals surface area (Å²) < 4.78 is 61.8. The molecule has 0 saturated heterocycles. The topological polar surface area (TPSA) is 41.1 Å². The molecule has 0 spiro atoms. The van der Waals surface area contributed by atoms with Crippen molar-refractivity contribution < 1.29 is 26.7 Å². The van der Waals surface area contributed by atoms with E-state index in [4.69, 9.17) is 0 Å². The van der Waals surface area contributed by atoms with Crippen LogP contribution in [-0.2, 0) is 4.79 Å². The second-order valence-electron chi connectivity index (χ2n) is 4.35. The first-order valence-corrected chi connectivity index (χ1v) is 5.41. The first-order valence-electron chi connectivity index (χ1n) is 5.41. The number of amides is 1. The van der Waals surface area contributed by atoms with Gasteiger partial charge < -0.3 is 10.6 Å². The molecule has 1 unspecified atom stereocenters. The number of nitrogens with one attached hydrogen (secondary N) is 2. The molecule has 108 valence electrons. The van der Waals surface area contributed by atoms with Crippen molar-refractivity contribution in [3.8, 4) is 0 Å². The predicted octanol–water partition coefficient (Wildman–Crippen LogP) is 1.93. The fourth-order valence-corrected chi connectivity index (χ4v) is 0.926. The van der Waals surface area contributed by atoms with Crippen LogP contribution >= 0.6 is 0 Å². The fraction of sp³-hybridized carbons (Fsp3) is 0.900. The monoisotopic (exact) mass is 276 g/mol. The van der Waals surface area contributed by atoms with Crippen LogP contribution in [0.25, 0.3) is 0 Å². The van der Waals surface area contributed by atoms with Gasteiger partial charge in [0, 0.05) is 5.92 Å². The van der Waals surface area contributed by atoms with E-state index in [1.807, 2.05) is 0 Å². The third-order valence-electron chi connectivity index (χ3n) is 2.34. The quantitative estimate of drug-likeness (QED) is 0.728. The van der Waals surface area contributed by atoms with Crippen LogP contribution in [0.1, 0.15) is 20.8 Å². The summed E-state index contributed by atoms with van der Waals surface area (Å²) in [7, 11) is 0. The second kappa shape index (κ2) is 6.31. The summed E-state index contributed by atoms with van der Waals surface area (Å²) in [6.07, 6.45) is -4.52. The van der Waals surface area contributed by atoms with Crippen LogP contribution in [-0.4, -0.2) is 37.1 Å². The van der Waals surface area contributed by atoms with E-state index < -0.39 is 43.1 Å². The molecular formula is C10H17F5N2O. The number of carbonyl (C=O) groups excluding carboxylic acids is 1. The average molecular weight is 276 g/mol. The Labute approximate surface area is 102 Å². The smallest absolute Gasteiger partial charge is 0.346 e. The highest BCUT2D eigenvalue weighted by Crippen LogP contribution is 2.22. The van der Waals surface area contributed by atoms with E-state index in [1.165, 1.54) is 20.8 Å². The largest absolute Gasteiger partial charge is 0.405 e. The Morgan fingerprint density at radius 2 is 1.56 bits per heavy atom. The van der Waals surface area contributed by atoms with Crippen molar-refractivity contribution in [2.75, 3.05) is 13.1 Å². The van der Waals surface area contributed by atoms with Crippen LogP contribution in [0.4, 0.5) is 22.0 Å². The highest BCUT2D eigenvalue weighted by atomic mass is 19.4. The second-order valence-corrected chi connectivity index (χ2v) is 4.35. The first kappa shape index (κ1) is 17.1. The van der Waals surface area contributed by atoms with Gasteiger partial charge in [0.1, 0.15) is 6.54 Å². The molecule has 0 bridgehead atoms. The zero-order chi connectivity index (χ0) is 14.6. The molecule has 0 heterocycles. The van der Waals surface area contributed by atoms with E-state index in [0.29, 0.717) is 0 Å². The molecule has 2 N–H and O–H groups in total. The fourth-order valence-electron chi connectivity index (χ4n) is 0.926. The van der Waals surface area contributed by atoms with Crippen molar-refractivity contribution in [2.24, 2.45) is 5.92 Å². The zero-order valence-corrected chi connectivity index (χ0v) is 10.4. The standard InChI is InChI=1S/C10H17F5N2O/c1-6(2)9(11,12)4-16-7(3)8(18)17-5-10(13,14)15/h6-7,16H,4-5H2,1-3H3,(H,17,18). The van der Waals surface area contributed by atoms with Gasteiger partial charge in [-0.1, -0.05) is 13.8 Å². The molecule has 0 aromatic heterocycles. The van der Waals surface area contributed by atoms with Gasteiger partial charge in [0.25, 0.3) is 5.92 Å². The lowest BCUT2D eigenvalue weighted by Gasteiger charge is -2.23. The van der Waals surface area contributed by atoms with Gasteiger partial charge in [0.15, 0.2) is 0 Å². The van der Waals surface area contributed by atoms with Gasteiger partial charge in [-0.15, -0.1) is 0 Å². The summed E-state index contributed by atoms with van der Waals surface area (Å²) in [5.41, 5.74) is 0. The molecule has 0 saturated carbocycles. The van der Waals surface area contributed by atoms with Crippen LogP contribution in [0.2, 0.25) is 0 Å². The van der Waals surface area contributed by atoms with Crippen molar-refractivity contribution in [1.82, 2.24) is 10.6 Å². The summed E-state index contributed by atoms with van der Waals surface area (Å²) in [6, 6.07) is -1.11. The summed E-state index contributed by atoms with van der Waals surface area (Å²) >= 11 is 0. The number of carbonyl (C=O) groups is 1. The number of halogens is 5. The van der Waals surface area contributed by atoms with E-state index in [9.17, 15) is 26.7 Å². The van der Waals surface area contributed by atoms with Gasteiger partial charge in [0.2, 0.25) is 5.91 Å². The normalized spacial score (nSPS) is 14.7. The Kier molecular flexibility index (Phi) is 5.98. The molecule has 3 nitrogen and oxygen atoms in total. The van der Waals surface area contributed by atoms with E-state index in [1.54, 1.807) is 5.32 Å². The Morgan fingerprint density at radius 1 is 1.06 bits per heavy atom. The summed E-state index contributed by atoms with van der Waals surface area (Å²) in [5.74, 6) is -4.90. The van der Waals surface area contributed by atoms with Crippen molar-refractivity contribution in [1.29, 1.82) is 0 Å². The molecule has 0 fully saturated rings. The van der Waals surface area contributed by atoms with Gasteiger partial charge in [-0.05, 0) is 6.92 Å². The lowest BCUT2D eigenvalue weighted by Crippen LogP contribution is -2.49. The maximum Gasteiger partial charge on any atom is 0.405 e. The summed E-state index contributed by atoms with van der Waals surface area (Å²) in [6.45, 7) is 1.62. The average Bonchev–Trinajstić information content (AvgIpc) is 2.21. The predicted molar refractivity (Wildman–Crippen MR) is 56.3 cm³/mol. The van der Waals surface area contributed by atoms with Crippen LogP contribution in [0.3, 0.4) is 0 Å². The van der Waals surface area contributed by atoms with Crippen LogP contribution in [0.5, 0.6) is 0 Å². The third kappa shape index (κ3) is 6.73. The highest BCUT2D eigenvalue weighted by molar-refractivity contribution is 5.81. The van der Waals surface area contributed by atoms with Crippen molar-refractivity contribution in [3.63, 3.8) is 0 Å². The molecule has 0 aliphatic carbocycles. The van der Waals surface area contributed by atoms with Crippen LogP contribution < -0.4 is 10.6 Å². The highest BCUT2D eigenvalue weighted by Gasteiger charge is 2.34. The SMILES string of the molecule is CC(NCC(F)(F)C(C)C)C(=O)NCC(F)(F)F. The maximum atomic E-state index is 13.2. The molecule has 0 aliphatic heterocycles. The molecule has 0 rings (SSSR count). The minimum atomic E-state index is -4.52.